The maximum Gasteiger partial charge on any atom is 0.316 e. The van der Waals surface area contributed by atoms with Gasteiger partial charge in [0.05, 0.1) is 7.11 Å². The smallest absolute Gasteiger partial charge is 0.316 e. The van der Waals surface area contributed by atoms with E-state index in [0.717, 1.165) is 19.3 Å². The molecule has 2 aliphatic carbocycles. The first kappa shape index (κ1) is 13.6. The number of rotatable bonds is 1. The Kier molecular flexibility index (Phi) is 3.28. The molecule has 0 N–H and O–H groups in total. The lowest BCUT2D eigenvalue weighted by Gasteiger charge is -2.55. The number of carbonyl (C=O) groups is 2. The average molecular weight is 252 g/mol. The first-order valence-electron chi connectivity index (χ1n) is 6.93. The predicted molar refractivity (Wildman–Crippen MR) is 69.0 cm³/mol. The molecule has 3 atom stereocenters. The summed E-state index contributed by atoms with van der Waals surface area (Å²) in [4.78, 5) is 24.2. The van der Waals surface area contributed by atoms with Gasteiger partial charge in [-0.15, -0.1) is 0 Å². The van der Waals surface area contributed by atoms with Crippen LogP contribution in [0.2, 0.25) is 0 Å². The zero-order chi connectivity index (χ0) is 13.6. The van der Waals surface area contributed by atoms with Crippen LogP contribution in [-0.4, -0.2) is 18.9 Å². The summed E-state index contributed by atoms with van der Waals surface area (Å²) in [6.45, 7) is 6.68. The summed E-state index contributed by atoms with van der Waals surface area (Å²) >= 11 is 0. The second-order valence-corrected chi connectivity index (χ2v) is 6.86. The van der Waals surface area contributed by atoms with Crippen molar-refractivity contribution in [3.05, 3.63) is 0 Å². The number of methoxy groups -OCH3 is 1. The average Bonchev–Trinajstić information content (AvgIpc) is 2.26. The highest BCUT2D eigenvalue weighted by atomic mass is 16.5. The van der Waals surface area contributed by atoms with Crippen LogP contribution in [0.25, 0.3) is 0 Å². The number of fused-ring (bicyclic) bond motifs is 1. The Bertz CT molecular complexity index is 364. The fourth-order valence-electron chi connectivity index (χ4n) is 4.55. The zero-order valence-corrected chi connectivity index (χ0v) is 11.9. The zero-order valence-electron chi connectivity index (χ0n) is 11.9. The highest BCUT2D eigenvalue weighted by Gasteiger charge is 2.57. The van der Waals surface area contributed by atoms with Crippen LogP contribution in [0, 0.1) is 22.7 Å². The maximum atomic E-state index is 12.2. The van der Waals surface area contributed by atoms with Crippen LogP contribution in [0.15, 0.2) is 0 Å². The van der Waals surface area contributed by atoms with E-state index in [0.29, 0.717) is 12.3 Å². The normalized spacial score (nSPS) is 39.0. The largest absolute Gasteiger partial charge is 0.468 e. The highest BCUT2D eigenvalue weighted by Crippen LogP contribution is 2.59. The minimum Gasteiger partial charge on any atom is -0.468 e. The lowest BCUT2D eigenvalue weighted by Crippen LogP contribution is -2.54. The molecule has 0 amide bonds. The quantitative estimate of drug-likeness (QED) is 0.532. The first-order valence-corrected chi connectivity index (χ1v) is 6.93. The summed E-state index contributed by atoms with van der Waals surface area (Å²) < 4.78 is 4.88. The van der Waals surface area contributed by atoms with Gasteiger partial charge in [0, 0.05) is 6.42 Å². The topological polar surface area (TPSA) is 43.4 Å². The number of carbonyl (C=O) groups excluding carboxylic acids is 2. The van der Waals surface area contributed by atoms with Gasteiger partial charge in [-0.3, -0.25) is 9.59 Å². The van der Waals surface area contributed by atoms with Crippen LogP contribution in [0.1, 0.15) is 52.9 Å². The molecule has 0 aliphatic heterocycles. The molecule has 0 bridgehead atoms. The van der Waals surface area contributed by atoms with E-state index in [-0.39, 0.29) is 22.6 Å². The Morgan fingerprint density at radius 2 is 1.94 bits per heavy atom. The van der Waals surface area contributed by atoms with Crippen LogP contribution >= 0.6 is 0 Å². The SMILES string of the molecule is COC(=O)C1C(=O)CC[C@H]2C(C)(C)CCC[C@]12C. The van der Waals surface area contributed by atoms with Gasteiger partial charge in [-0.2, -0.15) is 0 Å². The molecule has 2 aliphatic rings. The van der Waals surface area contributed by atoms with E-state index in [1.807, 2.05) is 0 Å². The molecule has 0 radical (unpaired) electrons. The molecule has 0 aromatic carbocycles. The van der Waals surface area contributed by atoms with Crippen LogP contribution in [0.4, 0.5) is 0 Å². The molecule has 0 aromatic rings. The van der Waals surface area contributed by atoms with Crippen molar-refractivity contribution >= 4 is 11.8 Å². The van der Waals surface area contributed by atoms with Crippen molar-refractivity contribution in [3.63, 3.8) is 0 Å². The minimum absolute atomic E-state index is 0.0818. The lowest BCUT2D eigenvalue weighted by atomic mass is 9.48. The third kappa shape index (κ3) is 1.88. The number of hydrogen-bond acceptors (Lipinski definition) is 3. The lowest BCUT2D eigenvalue weighted by molar-refractivity contribution is -0.167. The van der Waals surface area contributed by atoms with Crippen LogP contribution < -0.4 is 0 Å². The summed E-state index contributed by atoms with van der Waals surface area (Å²) in [5, 5.41) is 0. The molecular formula is C15H24O3. The van der Waals surface area contributed by atoms with Gasteiger partial charge in [0.25, 0.3) is 0 Å². The van der Waals surface area contributed by atoms with Crippen molar-refractivity contribution in [1.29, 1.82) is 0 Å². The minimum atomic E-state index is -0.541. The van der Waals surface area contributed by atoms with E-state index in [4.69, 9.17) is 4.74 Å². The molecule has 3 nitrogen and oxygen atoms in total. The summed E-state index contributed by atoms with van der Waals surface area (Å²) in [5.74, 6) is -0.343. The Balaban J connectivity index is 2.40. The molecule has 1 unspecified atom stereocenters. The van der Waals surface area contributed by atoms with E-state index in [2.05, 4.69) is 20.8 Å². The van der Waals surface area contributed by atoms with Gasteiger partial charge in [0.2, 0.25) is 0 Å². The van der Waals surface area contributed by atoms with Crippen molar-refractivity contribution in [2.45, 2.75) is 52.9 Å². The molecule has 0 saturated heterocycles. The number of esters is 1. The van der Waals surface area contributed by atoms with Crippen molar-refractivity contribution in [2.24, 2.45) is 22.7 Å². The second kappa shape index (κ2) is 4.36. The summed E-state index contributed by atoms with van der Waals surface area (Å²) in [6, 6.07) is 0. The van der Waals surface area contributed by atoms with Crippen molar-refractivity contribution < 1.29 is 14.3 Å². The van der Waals surface area contributed by atoms with Gasteiger partial charge in [0.1, 0.15) is 11.7 Å². The molecular weight excluding hydrogens is 228 g/mol. The molecule has 102 valence electrons. The second-order valence-electron chi connectivity index (χ2n) is 6.86. The molecule has 0 spiro atoms. The van der Waals surface area contributed by atoms with E-state index in [1.54, 1.807) is 0 Å². The fraction of sp³-hybridized carbons (Fsp3) is 0.867. The third-order valence-corrected chi connectivity index (χ3v) is 5.37. The summed E-state index contributed by atoms with van der Waals surface area (Å²) in [6.07, 6.45) is 4.71. The van der Waals surface area contributed by atoms with Gasteiger partial charge in [0.15, 0.2) is 0 Å². The third-order valence-electron chi connectivity index (χ3n) is 5.37. The molecule has 2 saturated carbocycles. The van der Waals surface area contributed by atoms with Crippen LogP contribution in [0.5, 0.6) is 0 Å². The molecule has 0 aromatic heterocycles. The molecule has 18 heavy (non-hydrogen) atoms. The standard InChI is InChI=1S/C15H24O3/c1-14(2)8-5-9-15(3)11(14)7-6-10(16)12(15)13(17)18-4/h11-12H,5-9H2,1-4H3/t11-,12?,15-/m0/s1. The highest BCUT2D eigenvalue weighted by molar-refractivity contribution is 6.00. The van der Waals surface area contributed by atoms with E-state index in [9.17, 15) is 9.59 Å². The Labute approximate surface area is 109 Å². The van der Waals surface area contributed by atoms with Crippen molar-refractivity contribution in [2.75, 3.05) is 7.11 Å². The van der Waals surface area contributed by atoms with E-state index < -0.39 is 5.92 Å². The number of ether oxygens (including phenoxy) is 1. The van der Waals surface area contributed by atoms with Crippen molar-refractivity contribution in [1.82, 2.24) is 0 Å². The molecule has 2 rings (SSSR count). The Hall–Kier alpha value is -0.860. The Morgan fingerprint density at radius 1 is 1.28 bits per heavy atom. The van der Waals surface area contributed by atoms with Gasteiger partial charge in [-0.05, 0) is 36.0 Å². The predicted octanol–water partition coefficient (Wildman–Crippen LogP) is 2.97. The number of Topliss-reactive ketones (excluding diaryl/α,β-unsaturated/α-hetero) is 1. The van der Waals surface area contributed by atoms with E-state index in [1.165, 1.54) is 13.5 Å². The van der Waals surface area contributed by atoms with Gasteiger partial charge in [-0.1, -0.05) is 27.2 Å². The van der Waals surface area contributed by atoms with Crippen molar-refractivity contribution in [3.8, 4) is 0 Å². The molecule has 2 fully saturated rings. The van der Waals surface area contributed by atoms with Crippen LogP contribution in [-0.2, 0) is 14.3 Å². The van der Waals surface area contributed by atoms with Gasteiger partial charge < -0.3 is 4.74 Å². The van der Waals surface area contributed by atoms with Crippen LogP contribution in [0.3, 0.4) is 0 Å². The number of ketones is 1. The first-order chi connectivity index (χ1) is 8.33. The monoisotopic (exact) mass is 252 g/mol. The summed E-state index contributed by atoms with van der Waals surface area (Å²) in [7, 11) is 1.39. The van der Waals surface area contributed by atoms with Gasteiger partial charge in [-0.25, -0.2) is 0 Å². The molecule has 3 heteroatoms. The van der Waals surface area contributed by atoms with E-state index >= 15 is 0 Å². The summed E-state index contributed by atoms with van der Waals surface area (Å²) in [5.41, 5.74) is 0.0180. The molecule has 0 heterocycles. The number of hydrogen-bond donors (Lipinski definition) is 0. The fourth-order valence-corrected chi connectivity index (χ4v) is 4.55. The maximum absolute atomic E-state index is 12.2. The Morgan fingerprint density at radius 3 is 2.56 bits per heavy atom. The van der Waals surface area contributed by atoms with Gasteiger partial charge >= 0.3 is 5.97 Å².